The first kappa shape index (κ1) is 9.38. The van der Waals surface area contributed by atoms with Crippen molar-refractivity contribution in [3.63, 3.8) is 0 Å². The van der Waals surface area contributed by atoms with Crippen LogP contribution >= 0.6 is 12.6 Å². The van der Waals surface area contributed by atoms with Crippen LogP contribution in [-0.4, -0.2) is 29.9 Å². The van der Waals surface area contributed by atoms with Crippen LogP contribution in [0, 0.1) is 0 Å². The number of thiol groups is 1. The highest BCUT2D eigenvalue weighted by molar-refractivity contribution is 7.81. The van der Waals surface area contributed by atoms with Crippen LogP contribution in [0.25, 0.3) is 0 Å². The highest BCUT2D eigenvalue weighted by atomic mass is 32.1. The molecule has 1 saturated heterocycles. The minimum atomic E-state index is -0.716. The van der Waals surface area contributed by atoms with Crippen molar-refractivity contribution in [1.82, 2.24) is 0 Å². The summed E-state index contributed by atoms with van der Waals surface area (Å²) in [6.07, 6.45) is -0.266. The smallest absolute Gasteiger partial charge is 0.347 e. The van der Waals surface area contributed by atoms with Crippen molar-refractivity contribution < 1.29 is 19.1 Å². The van der Waals surface area contributed by atoms with E-state index in [1.807, 2.05) is 0 Å². The number of rotatable bonds is 2. The van der Waals surface area contributed by atoms with Crippen molar-refractivity contribution in [2.24, 2.45) is 0 Å². The lowest BCUT2D eigenvalue weighted by Gasteiger charge is -2.09. The second kappa shape index (κ2) is 3.80. The lowest BCUT2D eigenvalue weighted by molar-refractivity contribution is -0.159. The van der Waals surface area contributed by atoms with E-state index >= 15 is 0 Å². The molecule has 1 aliphatic rings. The van der Waals surface area contributed by atoms with Gasteiger partial charge in [0.15, 0.2) is 0 Å². The summed E-state index contributed by atoms with van der Waals surface area (Å²) in [5.41, 5.74) is 0. The molecular weight excluding hydrogens is 180 g/mol. The molecule has 0 aliphatic carbocycles. The van der Waals surface area contributed by atoms with E-state index in [4.69, 9.17) is 4.74 Å². The third-order valence-corrected chi connectivity index (χ3v) is 1.70. The molecule has 0 aromatic carbocycles. The molecule has 68 valence electrons. The average molecular weight is 190 g/mol. The Hall–Kier alpha value is -0.710. The topological polar surface area (TPSA) is 52.6 Å². The number of ether oxygens (including phenoxy) is 2. The standard InChI is InChI=1S/C7H10O4S/c1-4(12)6(8)11-5-2-3-10-7(5)9/h4-5,12H,2-3H2,1H3. The fraction of sp³-hybridized carbons (Fsp3) is 0.714. The van der Waals surface area contributed by atoms with Crippen molar-refractivity contribution in [2.75, 3.05) is 6.61 Å². The van der Waals surface area contributed by atoms with Crippen molar-refractivity contribution in [3.05, 3.63) is 0 Å². The van der Waals surface area contributed by atoms with Gasteiger partial charge in [-0.05, 0) is 6.92 Å². The van der Waals surface area contributed by atoms with Gasteiger partial charge in [0.2, 0.25) is 6.10 Å². The van der Waals surface area contributed by atoms with Gasteiger partial charge in [-0.25, -0.2) is 4.79 Å². The number of carbonyl (C=O) groups is 2. The van der Waals surface area contributed by atoms with Gasteiger partial charge in [0, 0.05) is 6.42 Å². The number of hydrogen-bond donors (Lipinski definition) is 1. The largest absolute Gasteiger partial charge is 0.463 e. The van der Waals surface area contributed by atoms with Crippen LogP contribution < -0.4 is 0 Å². The summed E-state index contributed by atoms with van der Waals surface area (Å²) in [5, 5.41) is -0.501. The van der Waals surface area contributed by atoms with Gasteiger partial charge < -0.3 is 9.47 Å². The second-order valence-electron chi connectivity index (χ2n) is 2.56. The highest BCUT2D eigenvalue weighted by Gasteiger charge is 2.30. The monoisotopic (exact) mass is 190 g/mol. The van der Waals surface area contributed by atoms with E-state index < -0.39 is 23.3 Å². The van der Waals surface area contributed by atoms with Gasteiger partial charge in [-0.15, -0.1) is 0 Å². The maximum atomic E-state index is 10.9. The van der Waals surface area contributed by atoms with Gasteiger partial charge in [-0.2, -0.15) is 12.6 Å². The van der Waals surface area contributed by atoms with Gasteiger partial charge >= 0.3 is 11.9 Å². The van der Waals surface area contributed by atoms with Crippen LogP contribution in [0.15, 0.2) is 0 Å². The van der Waals surface area contributed by atoms with Crippen molar-refractivity contribution in [3.8, 4) is 0 Å². The molecule has 0 aromatic heterocycles. The Labute approximate surface area is 75.6 Å². The molecule has 1 aliphatic heterocycles. The lowest BCUT2D eigenvalue weighted by Crippen LogP contribution is -2.26. The molecule has 0 amide bonds. The molecule has 0 spiro atoms. The van der Waals surface area contributed by atoms with E-state index in [0.29, 0.717) is 13.0 Å². The fourth-order valence-electron chi connectivity index (χ4n) is 0.823. The molecule has 12 heavy (non-hydrogen) atoms. The normalized spacial score (nSPS) is 24.8. The number of esters is 2. The molecule has 0 saturated carbocycles. The summed E-state index contributed by atoms with van der Waals surface area (Å²) in [6, 6.07) is 0. The van der Waals surface area contributed by atoms with Gasteiger partial charge in [-0.1, -0.05) is 0 Å². The Morgan fingerprint density at radius 1 is 1.83 bits per heavy atom. The summed E-state index contributed by atoms with van der Waals surface area (Å²) >= 11 is 3.87. The first-order valence-electron chi connectivity index (χ1n) is 3.66. The Morgan fingerprint density at radius 2 is 2.50 bits per heavy atom. The summed E-state index contributed by atoms with van der Waals surface area (Å²) in [6.45, 7) is 1.92. The van der Waals surface area contributed by atoms with Gasteiger partial charge in [-0.3, -0.25) is 4.79 Å². The third-order valence-electron chi connectivity index (χ3n) is 1.49. The molecule has 5 heteroatoms. The molecule has 0 N–H and O–H groups in total. The molecule has 1 rings (SSSR count). The van der Waals surface area contributed by atoms with E-state index in [1.165, 1.54) is 0 Å². The first-order valence-corrected chi connectivity index (χ1v) is 4.18. The van der Waals surface area contributed by atoms with Crippen LogP contribution in [0.3, 0.4) is 0 Å². The Morgan fingerprint density at radius 3 is 2.92 bits per heavy atom. The van der Waals surface area contributed by atoms with Crippen LogP contribution in [0.2, 0.25) is 0 Å². The number of cyclic esters (lactones) is 1. The fourth-order valence-corrected chi connectivity index (χ4v) is 0.884. The van der Waals surface area contributed by atoms with Crippen LogP contribution in [0.5, 0.6) is 0 Å². The summed E-state index contributed by atoms with van der Waals surface area (Å²) in [5.74, 6) is -0.945. The zero-order valence-electron chi connectivity index (χ0n) is 6.65. The summed E-state index contributed by atoms with van der Waals surface area (Å²) in [4.78, 5) is 21.7. The SMILES string of the molecule is CC(S)C(=O)OC1CCOC1=O. The van der Waals surface area contributed by atoms with Crippen LogP contribution in [0.4, 0.5) is 0 Å². The molecule has 2 unspecified atom stereocenters. The Bertz CT molecular complexity index is 202. The Balaban J connectivity index is 2.40. The number of hydrogen-bond acceptors (Lipinski definition) is 5. The van der Waals surface area contributed by atoms with E-state index in [1.54, 1.807) is 6.92 Å². The molecule has 1 heterocycles. The molecular formula is C7H10O4S. The molecule has 0 radical (unpaired) electrons. The second-order valence-corrected chi connectivity index (χ2v) is 3.33. The molecule has 4 nitrogen and oxygen atoms in total. The third kappa shape index (κ3) is 2.14. The Kier molecular flexibility index (Phi) is 2.97. The van der Waals surface area contributed by atoms with E-state index in [0.717, 1.165) is 0 Å². The van der Waals surface area contributed by atoms with Gasteiger partial charge in [0.25, 0.3) is 0 Å². The highest BCUT2D eigenvalue weighted by Crippen LogP contribution is 2.11. The first-order chi connectivity index (χ1) is 5.61. The van der Waals surface area contributed by atoms with Crippen molar-refractivity contribution in [1.29, 1.82) is 0 Å². The van der Waals surface area contributed by atoms with Crippen LogP contribution in [-0.2, 0) is 19.1 Å². The quantitative estimate of drug-likeness (QED) is 0.498. The molecule has 0 aromatic rings. The van der Waals surface area contributed by atoms with Gasteiger partial charge in [0.1, 0.15) is 0 Å². The summed E-state index contributed by atoms with van der Waals surface area (Å²) in [7, 11) is 0. The van der Waals surface area contributed by atoms with E-state index in [-0.39, 0.29) is 0 Å². The van der Waals surface area contributed by atoms with Crippen LogP contribution in [0.1, 0.15) is 13.3 Å². The number of carbonyl (C=O) groups excluding carboxylic acids is 2. The van der Waals surface area contributed by atoms with E-state index in [2.05, 4.69) is 17.4 Å². The summed E-state index contributed by atoms with van der Waals surface area (Å²) < 4.78 is 9.40. The predicted octanol–water partition coefficient (Wildman–Crippen LogP) is 0.163. The van der Waals surface area contributed by atoms with Gasteiger partial charge in [0.05, 0.1) is 11.9 Å². The minimum absolute atomic E-state index is 0.331. The minimum Gasteiger partial charge on any atom is -0.463 e. The lowest BCUT2D eigenvalue weighted by atomic mass is 10.3. The molecule has 0 bridgehead atoms. The molecule has 2 atom stereocenters. The zero-order valence-corrected chi connectivity index (χ0v) is 7.54. The maximum absolute atomic E-state index is 10.9. The van der Waals surface area contributed by atoms with Crippen molar-refractivity contribution >= 4 is 24.6 Å². The van der Waals surface area contributed by atoms with Crippen molar-refractivity contribution in [2.45, 2.75) is 24.7 Å². The molecule has 1 fully saturated rings. The average Bonchev–Trinajstić information content (AvgIpc) is 2.36. The maximum Gasteiger partial charge on any atom is 0.347 e. The zero-order chi connectivity index (χ0) is 9.14. The predicted molar refractivity (Wildman–Crippen MR) is 43.9 cm³/mol. The van der Waals surface area contributed by atoms with E-state index in [9.17, 15) is 9.59 Å².